The van der Waals surface area contributed by atoms with Crippen LogP contribution in [0.25, 0.3) is 11.1 Å². The number of ether oxygens (including phenoxy) is 1. The summed E-state index contributed by atoms with van der Waals surface area (Å²) in [5.74, 6) is 0.362. The molecular formula is C22H22N2O3. The monoisotopic (exact) mass is 362 g/mol. The lowest BCUT2D eigenvalue weighted by Crippen LogP contribution is -2.31. The summed E-state index contributed by atoms with van der Waals surface area (Å²) in [6.45, 7) is 3.74. The largest absolute Gasteiger partial charge is 0.483 e. The molecule has 2 N–H and O–H groups in total. The van der Waals surface area contributed by atoms with Crippen molar-refractivity contribution in [2.75, 3.05) is 6.61 Å². The number of aromatic nitrogens is 1. The van der Waals surface area contributed by atoms with Gasteiger partial charge in [0.1, 0.15) is 5.75 Å². The molecule has 0 radical (unpaired) electrons. The van der Waals surface area contributed by atoms with Crippen LogP contribution in [0.1, 0.15) is 16.8 Å². The lowest BCUT2D eigenvalue weighted by atomic mass is 10.1. The molecule has 0 aliphatic heterocycles. The number of aryl methyl sites for hydroxylation is 2. The number of hydrogen-bond donors (Lipinski definition) is 2. The Morgan fingerprint density at radius 3 is 2.48 bits per heavy atom. The molecule has 5 heteroatoms. The molecule has 2 aromatic carbocycles. The molecule has 27 heavy (non-hydrogen) atoms. The van der Waals surface area contributed by atoms with E-state index in [4.69, 9.17) is 4.74 Å². The van der Waals surface area contributed by atoms with Gasteiger partial charge in [0.05, 0.1) is 0 Å². The summed E-state index contributed by atoms with van der Waals surface area (Å²) in [5.41, 5.74) is 3.98. The molecule has 0 unspecified atom stereocenters. The van der Waals surface area contributed by atoms with Gasteiger partial charge in [-0.2, -0.15) is 0 Å². The molecule has 0 saturated carbocycles. The van der Waals surface area contributed by atoms with Crippen LogP contribution < -0.4 is 15.6 Å². The summed E-state index contributed by atoms with van der Waals surface area (Å²) in [6, 6.07) is 19.3. The number of carbonyl (C=O) groups is 1. The van der Waals surface area contributed by atoms with Crippen LogP contribution in [0.4, 0.5) is 0 Å². The number of aromatic amines is 1. The zero-order valence-electron chi connectivity index (χ0n) is 15.4. The number of benzene rings is 2. The number of rotatable bonds is 6. The van der Waals surface area contributed by atoms with Gasteiger partial charge in [0.15, 0.2) is 6.61 Å². The summed E-state index contributed by atoms with van der Waals surface area (Å²) < 4.78 is 5.72. The fraction of sp³-hybridized carbons (Fsp3) is 0.182. The molecule has 3 rings (SSSR count). The van der Waals surface area contributed by atoms with Crippen LogP contribution in [-0.4, -0.2) is 17.5 Å². The van der Waals surface area contributed by atoms with Gasteiger partial charge < -0.3 is 15.0 Å². The molecule has 1 aromatic heterocycles. The van der Waals surface area contributed by atoms with E-state index in [9.17, 15) is 9.59 Å². The predicted octanol–water partition coefficient (Wildman–Crippen LogP) is 3.35. The van der Waals surface area contributed by atoms with Crippen molar-refractivity contribution in [1.82, 2.24) is 10.3 Å². The topological polar surface area (TPSA) is 71.2 Å². The van der Waals surface area contributed by atoms with Gasteiger partial charge in [-0.3, -0.25) is 9.59 Å². The Morgan fingerprint density at radius 1 is 1.04 bits per heavy atom. The molecule has 0 saturated heterocycles. The highest BCUT2D eigenvalue weighted by Crippen LogP contribution is 2.29. The third kappa shape index (κ3) is 4.64. The third-order valence-corrected chi connectivity index (χ3v) is 4.29. The molecule has 5 nitrogen and oxygen atoms in total. The summed E-state index contributed by atoms with van der Waals surface area (Å²) >= 11 is 0. The minimum atomic E-state index is -0.280. The molecule has 0 fully saturated rings. The smallest absolute Gasteiger partial charge is 0.258 e. The van der Waals surface area contributed by atoms with Crippen molar-refractivity contribution in [3.8, 4) is 16.9 Å². The standard InChI is InChI=1S/C22H22N2O3/c1-15-12-16(2)24-22(26)19(15)13-23-21(25)14-27-20-11-7-6-10-18(20)17-8-4-3-5-9-17/h3-12H,13-14H2,1-2H3,(H,23,25)(H,24,26). The maximum absolute atomic E-state index is 12.2. The Balaban J connectivity index is 1.63. The summed E-state index contributed by atoms with van der Waals surface area (Å²) in [7, 11) is 0. The van der Waals surface area contributed by atoms with Gasteiger partial charge in [-0.05, 0) is 37.1 Å². The average molecular weight is 362 g/mol. The van der Waals surface area contributed by atoms with Crippen molar-refractivity contribution in [3.63, 3.8) is 0 Å². The minimum Gasteiger partial charge on any atom is -0.483 e. The number of nitrogens with one attached hydrogen (secondary N) is 2. The van der Waals surface area contributed by atoms with Gasteiger partial charge in [-0.15, -0.1) is 0 Å². The number of H-pyrrole nitrogens is 1. The molecule has 0 spiro atoms. The second kappa shape index (κ2) is 8.36. The lowest BCUT2D eigenvalue weighted by molar-refractivity contribution is -0.123. The molecule has 0 bridgehead atoms. The first-order valence-electron chi connectivity index (χ1n) is 8.78. The normalized spacial score (nSPS) is 10.4. The van der Waals surface area contributed by atoms with Crippen LogP contribution in [0.3, 0.4) is 0 Å². The zero-order valence-corrected chi connectivity index (χ0v) is 15.4. The van der Waals surface area contributed by atoms with E-state index in [0.717, 1.165) is 22.4 Å². The van der Waals surface area contributed by atoms with Crippen LogP contribution >= 0.6 is 0 Å². The Morgan fingerprint density at radius 2 is 1.74 bits per heavy atom. The van der Waals surface area contributed by atoms with Crippen LogP contribution in [0.15, 0.2) is 65.5 Å². The van der Waals surface area contributed by atoms with Crippen molar-refractivity contribution >= 4 is 5.91 Å². The molecular weight excluding hydrogens is 340 g/mol. The number of amides is 1. The highest BCUT2D eigenvalue weighted by molar-refractivity contribution is 5.78. The quantitative estimate of drug-likeness (QED) is 0.706. The molecule has 0 aliphatic carbocycles. The molecule has 138 valence electrons. The van der Waals surface area contributed by atoms with Crippen LogP contribution in [0.5, 0.6) is 5.75 Å². The Hall–Kier alpha value is -3.34. The second-order valence-corrected chi connectivity index (χ2v) is 6.37. The van der Waals surface area contributed by atoms with Gasteiger partial charge in [-0.25, -0.2) is 0 Å². The van der Waals surface area contributed by atoms with Gasteiger partial charge in [0, 0.05) is 23.4 Å². The van der Waals surface area contributed by atoms with Gasteiger partial charge in [0.25, 0.3) is 11.5 Å². The summed E-state index contributed by atoms with van der Waals surface area (Å²) in [6.07, 6.45) is 0. The maximum Gasteiger partial charge on any atom is 0.258 e. The maximum atomic E-state index is 12.2. The molecule has 1 amide bonds. The van der Waals surface area contributed by atoms with E-state index < -0.39 is 0 Å². The number of hydrogen-bond acceptors (Lipinski definition) is 3. The first-order chi connectivity index (χ1) is 13.0. The van der Waals surface area contributed by atoms with Crippen molar-refractivity contribution in [2.24, 2.45) is 0 Å². The van der Waals surface area contributed by atoms with E-state index in [1.807, 2.05) is 74.5 Å². The van der Waals surface area contributed by atoms with Crippen molar-refractivity contribution < 1.29 is 9.53 Å². The zero-order chi connectivity index (χ0) is 19.2. The molecule has 1 heterocycles. The van der Waals surface area contributed by atoms with E-state index in [1.165, 1.54) is 0 Å². The lowest BCUT2D eigenvalue weighted by Gasteiger charge is -2.12. The van der Waals surface area contributed by atoms with Crippen molar-refractivity contribution in [3.05, 3.63) is 87.8 Å². The second-order valence-electron chi connectivity index (χ2n) is 6.37. The Labute approximate surface area is 158 Å². The minimum absolute atomic E-state index is 0.118. The number of pyridine rings is 1. The summed E-state index contributed by atoms with van der Waals surface area (Å²) in [5, 5.41) is 2.75. The molecule has 0 atom stereocenters. The number of para-hydroxylation sites is 1. The SMILES string of the molecule is Cc1cc(C)c(CNC(=O)COc2ccccc2-c2ccccc2)c(=O)[nH]1. The van der Waals surface area contributed by atoms with Gasteiger partial charge in [-0.1, -0.05) is 48.5 Å². The van der Waals surface area contributed by atoms with E-state index in [0.29, 0.717) is 11.3 Å². The highest BCUT2D eigenvalue weighted by Gasteiger charge is 2.10. The fourth-order valence-corrected chi connectivity index (χ4v) is 2.93. The van der Waals surface area contributed by atoms with E-state index in [1.54, 1.807) is 0 Å². The Bertz CT molecular complexity index is 994. The summed E-state index contributed by atoms with van der Waals surface area (Å²) in [4.78, 5) is 26.9. The van der Waals surface area contributed by atoms with Gasteiger partial charge in [0.2, 0.25) is 0 Å². The van der Waals surface area contributed by atoms with Gasteiger partial charge >= 0.3 is 0 Å². The third-order valence-electron chi connectivity index (χ3n) is 4.29. The van der Waals surface area contributed by atoms with E-state index in [2.05, 4.69) is 10.3 Å². The first kappa shape index (κ1) is 18.5. The number of carbonyl (C=O) groups excluding carboxylic acids is 1. The van der Waals surface area contributed by atoms with Crippen LogP contribution in [0, 0.1) is 13.8 Å². The van der Waals surface area contributed by atoms with E-state index >= 15 is 0 Å². The molecule has 3 aromatic rings. The van der Waals surface area contributed by atoms with Crippen LogP contribution in [0.2, 0.25) is 0 Å². The van der Waals surface area contributed by atoms with Crippen LogP contribution in [-0.2, 0) is 11.3 Å². The van der Waals surface area contributed by atoms with Crippen molar-refractivity contribution in [2.45, 2.75) is 20.4 Å². The Kier molecular flexibility index (Phi) is 5.71. The first-order valence-corrected chi connectivity index (χ1v) is 8.78. The fourth-order valence-electron chi connectivity index (χ4n) is 2.93. The highest BCUT2D eigenvalue weighted by atomic mass is 16.5. The predicted molar refractivity (Wildman–Crippen MR) is 106 cm³/mol. The average Bonchev–Trinajstić information content (AvgIpc) is 2.66. The molecule has 0 aliphatic rings. The van der Waals surface area contributed by atoms with Crippen molar-refractivity contribution in [1.29, 1.82) is 0 Å². The van der Waals surface area contributed by atoms with E-state index in [-0.39, 0.29) is 24.6 Å².